The van der Waals surface area contributed by atoms with Gasteiger partial charge in [0.15, 0.2) is 0 Å². The van der Waals surface area contributed by atoms with Crippen LogP contribution in [0.5, 0.6) is 0 Å². The van der Waals surface area contributed by atoms with Gasteiger partial charge in [0.05, 0.1) is 26.9 Å². The monoisotopic (exact) mass is 564 g/mol. The quantitative estimate of drug-likeness (QED) is 0.368. The van der Waals surface area contributed by atoms with Crippen molar-refractivity contribution in [3.8, 4) is 0 Å². The first-order valence-corrected chi connectivity index (χ1v) is 11.7. The lowest BCUT2D eigenvalue weighted by molar-refractivity contribution is -0.137. The van der Waals surface area contributed by atoms with Gasteiger partial charge in [0.25, 0.3) is 10.0 Å². The Hall–Kier alpha value is -2.63. The highest BCUT2D eigenvalue weighted by atomic mass is 79.9. The molecule has 3 aromatic carbocycles. The SMILES string of the molecule is O=C(CN(c1ccc(Cl)c(C(F)(F)F)c1)S(=O)(=O)c1ccccc1)Nc1ccc(Br)cc1F. The van der Waals surface area contributed by atoms with Crippen LogP contribution in [0.25, 0.3) is 0 Å². The zero-order chi connectivity index (χ0) is 24.4. The average Bonchev–Trinajstić information content (AvgIpc) is 2.74. The van der Waals surface area contributed by atoms with Crippen LogP contribution >= 0.6 is 27.5 Å². The smallest absolute Gasteiger partial charge is 0.322 e. The summed E-state index contributed by atoms with van der Waals surface area (Å²) in [6.07, 6.45) is -4.86. The molecule has 33 heavy (non-hydrogen) atoms. The van der Waals surface area contributed by atoms with Gasteiger partial charge < -0.3 is 5.32 Å². The topological polar surface area (TPSA) is 66.5 Å². The molecule has 0 aliphatic heterocycles. The van der Waals surface area contributed by atoms with Crippen molar-refractivity contribution >= 4 is 54.8 Å². The summed E-state index contributed by atoms with van der Waals surface area (Å²) in [5.74, 6) is -1.76. The summed E-state index contributed by atoms with van der Waals surface area (Å²) in [5, 5.41) is 1.59. The van der Waals surface area contributed by atoms with Crippen molar-refractivity contribution in [2.75, 3.05) is 16.2 Å². The van der Waals surface area contributed by atoms with Crippen molar-refractivity contribution in [3.63, 3.8) is 0 Å². The molecule has 3 aromatic rings. The molecule has 0 spiro atoms. The summed E-state index contributed by atoms with van der Waals surface area (Å²) in [4.78, 5) is 12.4. The first kappa shape index (κ1) is 25.0. The van der Waals surface area contributed by atoms with Gasteiger partial charge in [0.1, 0.15) is 12.4 Å². The number of nitrogens with one attached hydrogen (secondary N) is 1. The van der Waals surface area contributed by atoms with E-state index in [1.165, 1.54) is 36.4 Å². The maximum absolute atomic E-state index is 14.1. The molecule has 0 bridgehead atoms. The molecule has 0 saturated carbocycles. The molecule has 0 unspecified atom stereocenters. The first-order chi connectivity index (χ1) is 15.4. The Labute approximate surface area is 200 Å². The number of halogens is 6. The molecule has 0 aliphatic rings. The van der Waals surface area contributed by atoms with Crippen LogP contribution in [-0.2, 0) is 21.0 Å². The number of alkyl halides is 3. The Kier molecular flexibility index (Phi) is 7.35. The second-order valence-corrected chi connectivity index (χ2v) is 9.84. The predicted octanol–water partition coefficient (Wildman–Crippen LogP) is 6.09. The van der Waals surface area contributed by atoms with E-state index in [1.807, 2.05) is 0 Å². The Morgan fingerprint density at radius 1 is 1.03 bits per heavy atom. The highest BCUT2D eigenvalue weighted by molar-refractivity contribution is 9.10. The third-order valence-corrected chi connectivity index (χ3v) is 6.98. The molecule has 0 fully saturated rings. The van der Waals surface area contributed by atoms with Gasteiger partial charge in [0.2, 0.25) is 5.91 Å². The van der Waals surface area contributed by atoms with Gasteiger partial charge in [-0.2, -0.15) is 13.2 Å². The van der Waals surface area contributed by atoms with Gasteiger partial charge in [-0.1, -0.05) is 45.7 Å². The van der Waals surface area contributed by atoms with Crippen molar-refractivity contribution in [3.05, 3.63) is 87.6 Å². The summed E-state index contributed by atoms with van der Waals surface area (Å²) < 4.78 is 81.5. The van der Waals surface area contributed by atoms with Gasteiger partial charge in [-0.25, -0.2) is 12.8 Å². The molecular weight excluding hydrogens is 552 g/mol. The number of benzene rings is 3. The summed E-state index contributed by atoms with van der Waals surface area (Å²) >= 11 is 8.72. The standard InChI is InChI=1S/C21H14BrClF4N2O3S/c22-13-6-9-19(18(24)10-13)28-20(30)12-29(33(31,32)15-4-2-1-3-5-15)14-7-8-17(23)16(11-14)21(25,26)27/h1-11H,12H2,(H,28,30). The number of amides is 1. The molecular formula is C21H14BrClF4N2O3S. The van der Waals surface area contributed by atoms with Gasteiger partial charge in [-0.3, -0.25) is 9.10 Å². The minimum absolute atomic E-state index is 0.229. The average molecular weight is 566 g/mol. The van der Waals surface area contributed by atoms with Gasteiger partial charge in [0, 0.05) is 4.47 Å². The molecule has 1 N–H and O–H groups in total. The predicted molar refractivity (Wildman–Crippen MR) is 120 cm³/mol. The zero-order valence-electron chi connectivity index (χ0n) is 16.4. The maximum Gasteiger partial charge on any atom is 0.417 e. The Morgan fingerprint density at radius 2 is 1.70 bits per heavy atom. The lowest BCUT2D eigenvalue weighted by Gasteiger charge is -2.25. The Bertz CT molecular complexity index is 1290. The molecule has 174 valence electrons. The van der Waals surface area contributed by atoms with E-state index >= 15 is 0 Å². The van der Waals surface area contributed by atoms with Crippen LogP contribution in [0.3, 0.4) is 0 Å². The molecule has 0 saturated heterocycles. The Morgan fingerprint density at radius 3 is 2.30 bits per heavy atom. The molecule has 0 atom stereocenters. The molecule has 3 rings (SSSR count). The lowest BCUT2D eigenvalue weighted by atomic mass is 10.2. The van der Waals surface area contributed by atoms with Crippen LogP contribution in [-0.4, -0.2) is 20.9 Å². The van der Waals surface area contributed by atoms with Crippen LogP contribution in [0.1, 0.15) is 5.56 Å². The number of hydrogen-bond donors (Lipinski definition) is 1. The molecule has 0 aliphatic carbocycles. The minimum atomic E-state index is -4.86. The third-order valence-electron chi connectivity index (χ3n) is 4.37. The number of sulfonamides is 1. The highest BCUT2D eigenvalue weighted by Crippen LogP contribution is 2.38. The molecule has 12 heteroatoms. The van der Waals surface area contributed by atoms with Crippen molar-refractivity contribution < 1.29 is 30.8 Å². The molecule has 0 aromatic heterocycles. The maximum atomic E-state index is 14.1. The normalized spacial score (nSPS) is 11.8. The van der Waals surface area contributed by atoms with Crippen LogP contribution in [0, 0.1) is 5.82 Å². The molecule has 0 heterocycles. The van der Waals surface area contributed by atoms with E-state index < -0.39 is 50.7 Å². The number of rotatable bonds is 6. The summed E-state index contributed by atoms with van der Waals surface area (Å²) in [6, 6.07) is 13.1. The van der Waals surface area contributed by atoms with E-state index in [1.54, 1.807) is 6.07 Å². The minimum Gasteiger partial charge on any atom is -0.322 e. The number of carbonyl (C=O) groups excluding carboxylic acids is 1. The van der Waals surface area contributed by atoms with E-state index in [-0.39, 0.29) is 10.6 Å². The van der Waals surface area contributed by atoms with Gasteiger partial charge in [-0.05, 0) is 48.5 Å². The molecule has 1 amide bonds. The highest BCUT2D eigenvalue weighted by Gasteiger charge is 2.35. The number of hydrogen-bond acceptors (Lipinski definition) is 3. The fourth-order valence-electron chi connectivity index (χ4n) is 2.83. The van der Waals surface area contributed by atoms with Gasteiger partial charge >= 0.3 is 6.18 Å². The van der Waals surface area contributed by atoms with Gasteiger partial charge in [-0.15, -0.1) is 0 Å². The second kappa shape index (κ2) is 9.70. The van der Waals surface area contributed by atoms with Crippen molar-refractivity contribution in [1.82, 2.24) is 0 Å². The van der Waals surface area contributed by atoms with E-state index in [9.17, 15) is 30.8 Å². The molecule has 5 nitrogen and oxygen atoms in total. The largest absolute Gasteiger partial charge is 0.417 e. The summed E-state index contributed by atoms with van der Waals surface area (Å²) in [5.41, 5.74) is -1.94. The van der Waals surface area contributed by atoms with Crippen LogP contribution < -0.4 is 9.62 Å². The number of nitrogens with zero attached hydrogens (tertiary/aromatic N) is 1. The van der Waals surface area contributed by atoms with E-state index in [0.717, 1.165) is 18.2 Å². The van der Waals surface area contributed by atoms with Crippen molar-refractivity contribution in [1.29, 1.82) is 0 Å². The van der Waals surface area contributed by atoms with Crippen molar-refractivity contribution in [2.24, 2.45) is 0 Å². The summed E-state index contributed by atoms with van der Waals surface area (Å²) in [7, 11) is -4.47. The van der Waals surface area contributed by atoms with Crippen LogP contribution in [0.15, 0.2) is 76.1 Å². The first-order valence-electron chi connectivity index (χ1n) is 9.09. The Balaban J connectivity index is 2.04. The fourth-order valence-corrected chi connectivity index (χ4v) is 4.82. The van der Waals surface area contributed by atoms with E-state index in [0.29, 0.717) is 14.8 Å². The van der Waals surface area contributed by atoms with E-state index in [4.69, 9.17) is 11.6 Å². The van der Waals surface area contributed by atoms with Crippen LogP contribution in [0.4, 0.5) is 28.9 Å². The summed E-state index contributed by atoms with van der Waals surface area (Å²) in [6.45, 7) is -0.925. The van der Waals surface area contributed by atoms with Crippen molar-refractivity contribution in [2.45, 2.75) is 11.1 Å². The lowest BCUT2D eigenvalue weighted by Crippen LogP contribution is -2.38. The molecule has 0 radical (unpaired) electrons. The van der Waals surface area contributed by atoms with Crippen LogP contribution in [0.2, 0.25) is 5.02 Å². The second-order valence-electron chi connectivity index (χ2n) is 6.66. The van der Waals surface area contributed by atoms with E-state index in [2.05, 4.69) is 21.2 Å². The fraction of sp³-hybridized carbons (Fsp3) is 0.0952. The third kappa shape index (κ3) is 5.84. The number of carbonyl (C=O) groups is 1. The zero-order valence-corrected chi connectivity index (χ0v) is 19.6. The number of anilines is 2.